The molecule has 2 amide bonds. The molecule has 4 rings (SSSR count). The van der Waals surface area contributed by atoms with Gasteiger partial charge >= 0.3 is 0 Å². The summed E-state index contributed by atoms with van der Waals surface area (Å²) in [5, 5.41) is 7.27. The maximum absolute atomic E-state index is 12.1. The molecule has 9 heteroatoms. The predicted molar refractivity (Wildman–Crippen MR) is 118 cm³/mol. The molecule has 2 heterocycles. The molecule has 0 aliphatic rings. The molecule has 2 aromatic carbocycles. The lowest BCUT2D eigenvalue weighted by molar-refractivity contribution is -0.114. The number of amides is 2. The predicted octanol–water partition coefficient (Wildman–Crippen LogP) is 4.76. The van der Waals surface area contributed by atoms with Crippen LogP contribution in [0, 0.1) is 0 Å². The van der Waals surface area contributed by atoms with Crippen molar-refractivity contribution in [2.45, 2.75) is 16.4 Å². The Balaban J connectivity index is 1.34. The highest BCUT2D eigenvalue weighted by Crippen LogP contribution is 2.34. The molecule has 0 aliphatic heterocycles. The van der Waals surface area contributed by atoms with Gasteiger partial charge in [-0.05, 0) is 60.3 Å². The highest BCUT2D eigenvalue weighted by Gasteiger charge is 2.09. The van der Waals surface area contributed by atoms with Crippen molar-refractivity contribution in [2.24, 2.45) is 5.10 Å². The number of thiazole rings is 1. The van der Waals surface area contributed by atoms with Crippen LogP contribution >= 0.6 is 23.1 Å². The van der Waals surface area contributed by atoms with Crippen molar-refractivity contribution in [2.75, 3.05) is 5.32 Å². The third kappa shape index (κ3) is 4.94. The Kier molecular flexibility index (Phi) is 5.92. The summed E-state index contributed by atoms with van der Waals surface area (Å²) in [6, 6.07) is 18.1. The molecule has 4 aromatic rings. The first-order chi connectivity index (χ1) is 14.6. The van der Waals surface area contributed by atoms with Crippen LogP contribution < -0.4 is 10.7 Å². The number of furan rings is 1. The molecule has 0 spiro atoms. The normalized spacial score (nSPS) is 11.1. The van der Waals surface area contributed by atoms with Gasteiger partial charge in [-0.2, -0.15) is 5.10 Å². The number of carbonyl (C=O) groups is 2. The van der Waals surface area contributed by atoms with E-state index in [1.54, 1.807) is 41.7 Å². The first-order valence-corrected chi connectivity index (χ1v) is 10.5. The molecule has 0 bridgehead atoms. The number of para-hydroxylation sites is 1. The van der Waals surface area contributed by atoms with Gasteiger partial charge in [-0.25, -0.2) is 10.4 Å². The molecule has 0 radical (unpaired) electrons. The van der Waals surface area contributed by atoms with E-state index in [-0.39, 0.29) is 11.8 Å². The zero-order valence-corrected chi connectivity index (χ0v) is 17.4. The number of aromatic nitrogens is 1. The third-order valence-electron chi connectivity index (χ3n) is 3.89. The SMILES string of the molecule is CC(=O)Nc1ccc(C(=O)N/N=C\c2ccc(Sc3nc4ccccc4s3)o2)cc1. The minimum atomic E-state index is -0.365. The van der Waals surface area contributed by atoms with Gasteiger partial charge in [-0.1, -0.05) is 12.1 Å². The van der Waals surface area contributed by atoms with Crippen LogP contribution in [0.4, 0.5) is 5.69 Å². The lowest BCUT2D eigenvalue weighted by Crippen LogP contribution is -2.17. The minimum absolute atomic E-state index is 0.170. The van der Waals surface area contributed by atoms with Gasteiger partial charge in [-0.3, -0.25) is 9.59 Å². The average molecular weight is 437 g/mol. The summed E-state index contributed by atoms with van der Waals surface area (Å²) in [4.78, 5) is 27.7. The van der Waals surface area contributed by atoms with Crippen LogP contribution in [0.25, 0.3) is 10.2 Å². The molecule has 2 aromatic heterocycles. The zero-order chi connectivity index (χ0) is 20.9. The third-order valence-corrected chi connectivity index (χ3v) is 5.91. The monoisotopic (exact) mass is 436 g/mol. The fraction of sp³-hybridized carbons (Fsp3) is 0.0476. The largest absolute Gasteiger partial charge is 0.448 e. The second-order valence-corrected chi connectivity index (χ2v) is 8.45. The van der Waals surface area contributed by atoms with E-state index in [1.165, 1.54) is 24.9 Å². The highest BCUT2D eigenvalue weighted by atomic mass is 32.2. The van der Waals surface area contributed by atoms with Crippen molar-refractivity contribution >= 4 is 57.0 Å². The van der Waals surface area contributed by atoms with Gasteiger partial charge < -0.3 is 9.73 Å². The van der Waals surface area contributed by atoms with Gasteiger partial charge in [0.05, 0.1) is 16.4 Å². The van der Waals surface area contributed by atoms with Crippen LogP contribution in [0.5, 0.6) is 0 Å². The molecule has 0 saturated heterocycles. The summed E-state index contributed by atoms with van der Waals surface area (Å²) < 4.78 is 7.73. The quantitative estimate of drug-likeness (QED) is 0.335. The van der Waals surface area contributed by atoms with E-state index in [1.807, 2.05) is 30.3 Å². The van der Waals surface area contributed by atoms with Crippen molar-refractivity contribution in [3.05, 3.63) is 72.0 Å². The molecular formula is C21H16N4O3S2. The van der Waals surface area contributed by atoms with Crippen LogP contribution in [-0.2, 0) is 4.79 Å². The summed E-state index contributed by atoms with van der Waals surface area (Å²) in [5.41, 5.74) is 4.46. The van der Waals surface area contributed by atoms with Crippen molar-refractivity contribution in [3.8, 4) is 0 Å². The molecule has 0 saturated carbocycles. The van der Waals surface area contributed by atoms with Crippen LogP contribution in [0.3, 0.4) is 0 Å². The van der Waals surface area contributed by atoms with E-state index in [0.717, 1.165) is 14.6 Å². The standard InChI is InChI=1S/C21H16N4O3S2/c1-13(26)23-15-8-6-14(7-9-15)20(27)25-22-12-16-10-11-19(28-16)30-21-24-17-4-2-3-5-18(17)29-21/h2-12H,1H3,(H,23,26)(H,25,27)/b22-12-. The Bertz CT molecular complexity index is 1200. The van der Waals surface area contributed by atoms with Crippen molar-refractivity contribution in [3.63, 3.8) is 0 Å². The molecule has 2 N–H and O–H groups in total. The van der Waals surface area contributed by atoms with Gasteiger partial charge in [0, 0.05) is 18.2 Å². The Labute approximate surface area is 180 Å². The highest BCUT2D eigenvalue weighted by molar-refractivity contribution is 8.01. The first kappa shape index (κ1) is 19.9. The molecule has 0 aliphatic carbocycles. The number of rotatable bonds is 6. The van der Waals surface area contributed by atoms with E-state index in [0.29, 0.717) is 22.1 Å². The number of hydrazone groups is 1. The van der Waals surface area contributed by atoms with Crippen LogP contribution in [0.15, 0.2) is 79.6 Å². The average Bonchev–Trinajstić information content (AvgIpc) is 3.34. The maximum atomic E-state index is 12.1. The van der Waals surface area contributed by atoms with Crippen LogP contribution in [0.1, 0.15) is 23.0 Å². The van der Waals surface area contributed by atoms with Crippen molar-refractivity contribution in [1.82, 2.24) is 10.4 Å². The smallest absolute Gasteiger partial charge is 0.271 e. The number of nitrogens with zero attached hydrogens (tertiary/aromatic N) is 2. The van der Waals surface area contributed by atoms with E-state index >= 15 is 0 Å². The number of nitrogens with one attached hydrogen (secondary N) is 2. The Hall–Kier alpha value is -3.43. The van der Waals surface area contributed by atoms with Gasteiger partial charge in [0.2, 0.25) is 5.91 Å². The van der Waals surface area contributed by atoms with Gasteiger partial charge in [0.15, 0.2) is 9.43 Å². The van der Waals surface area contributed by atoms with Gasteiger partial charge in [0.25, 0.3) is 5.91 Å². The number of carbonyl (C=O) groups excluding carboxylic acids is 2. The van der Waals surface area contributed by atoms with Gasteiger partial charge in [-0.15, -0.1) is 11.3 Å². The summed E-state index contributed by atoms with van der Waals surface area (Å²) in [7, 11) is 0. The summed E-state index contributed by atoms with van der Waals surface area (Å²) in [6.07, 6.45) is 1.44. The number of hydrogen-bond acceptors (Lipinski definition) is 7. The van der Waals surface area contributed by atoms with E-state index in [9.17, 15) is 9.59 Å². The molecule has 0 atom stereocenters. The Morgan fingerprint density at radius 3 is 2.67 bits per heavy atom. The van der Waals surface area contributed by atoms with E-state index in [2.05, 4.69) is 20.8 Å². The summed E-state index contributed by atoms with van der Waals surface area (Å²) >= 11 is 3.04. The number of hydrogen-bond donors (Lipinski definition) is 2. The molecule has 7 nitrogen and oxygen atoms in total. The second kappa shape index (κ2) is 8.93. The van der Waals surface area contributed by atoms with Gasteiger partial charge in [0.1, 0.15) is 5.76 Å². The molecule has 150 valence electrons. The van der Waals surface area contributed by atoms with E-state index in [4.69, 9.17) is 4.42 Å². The lowest BCUT2D eigenvalue weighted by atomic mass is 10.2. The molecule has 0 fully saturated rings. The topological polar surface area (TPSA) is 96.6 Å². The number of anilines is 1. The fourth-order valence-corrected chi connectivity index (χ4v) is 4.54. The first-order valence-electron chi connectivity index (χ1n) is 8.91. The van der Waals surface area contributed by atoms with Crippen molar-refractivity contribution in [1.29, 1.82) is 0 Å². The van der Waals surface area contributed by atoms with E-state index < -0.39 is 0 Å². The van der Waals surface area contributed by atoms with Crippen molar-refractivity contribution < 1.29 is 14.0 Å². The number of fused-ring (bicyclic) bond motifs is 1. The zero-order valence-electron chi connectivity index (χ0n) is 15.8. The maximum Gasteiger partial charge on any atom is 0.271 e. The van der Waals surface area contributed by atoms with Crippen LogP contribution in [0.2, 0.25) is 0 Å². The molecule has 30 heavy (non-hydrogen) atoms. The molecular weight excluding hydrogens is 420 g/mol. The summed E-state index contributed by atoms with van der Waals surface area (Å²) in [6.45, 7) is 1.42. The minimum Gasteiger partial charge on any atom is -0.448 e. The summed E-state index contributed by atoms with van der Waals surface area (Å²) in [5.74, 6) is -0.0212. The van der Waals surface area contributed by atoms with Crippen LogP contribution in [-0.4, -0.2) is 23.0 Å². The Morgan fingerprint density at radius 2 is 1.90 bits per heavy atom. The fourth-order valence-electron chi connectivity index (χ4n) is 2.57. The number of benzene rings is 2. The molecule has 0 unspecified atom stereocenters. The Morgan fingerprint density at radius 1 is 1.10 bits per heavy atom. The lowest BCUT2D eigenvalue weighted by Gasteiger charge is -2.03. The second-order valence-electron chi connectivity index (χ2n) is 6.16.